The third-order valence-electron chi connectivity index (χ3n) is 3.82. The van der Waals surface area contributed by atoms with Crippen LogP contribution < -0.4 is 10.1 Å². The number of para-hydroxylation sites is 1. The zero-order valence-corrected chi connectivity index (χ0v) is 15.9. The van der Waals surface area contributed by atoms with Crippen molar-refractivity contribution in [2.45, 2.75) is 25.6 Å². The minimum atomic E-state index is -0.865. The summed E-state index contributed by atoms with van der Waals surface area (Å²) in [6.07, 6.45) is 2.49. The molecule has 2 rings (SSSR count). The second-order valence-electron chi connectivity index (χ2n) is 5.69. The van der Waals surface area contributed by atoms with Gasteiger partial charge in [-0.2, -0.15) is 11.8 Å². The number of carboxylic acid groups (broad SMARTS) is 1. The van der Waals surface area contributed by atoms with Gasteiger partial charge in [0.25, 0.3) is 0 Å². The Labute approximate surface area is 161 Å². The van der Waals surface area contributed by atoms with Crippen molar-refractivity contribution in [3.8, 4) is 5.75 Å². The van der Waals surface area contributed by atoms with Crippen molar-refractivity contribution in [1.29, 1.82) is 0 Å². The minimum Gasteiger partial charge on any atom is -0.489 e. The summed E-state index contributed by atoms with van der Waals surface area (Å²) in [5.41, 5.74) is 1.53. The van der Waals surface area contributed by atoms with Crippen LogP contribution in [-0.2, 0) is 17.9 Å². The van der Waals surface area contributed by atoms with Gasteiger partial charge in [0.15, 0.2) is 0 Å². The Morgan fingerprint density at radius 1 is 1.31 bits per heavy atom. The normalized spacial score (nSPS) is 12.0. The summed E-state index contributed by atoms with van der Waals surface area (Å²) in [6.45, 7) is 0.573. The van der Waals surface area contributed by atoms with Gasteiger partial charge in [0, 0.05) is 17.7 Å². The summed E-state index contributed by atoms with van der Waals surface area (Å²) in [5, 5.41) is 12.7. The fraction of sp³-hybridized carbons (Fsp3) is 0.316. The first-order chi connectivity index (χ1) is 12.5. The van der Waals surface area contributed by atoms with Crippen LogP contribution in [0.15, 0.2) is 42.5 Å². The van der Waals surface area contributed by atoms with E-state index < -0.39 is 17.8 Å². The van der Waals surface area contributed by atoms with Gasteiger partial charge in [0.2, 0.25) is 0 Å². The fourth-order valence-corrected chi connectivity index (χ4v) is 3.06. The highest BCUT2D eigenvalue weighted by atomic mass is 35.5. The second kappa shape index (κ2) is 10.4. The maximum absolute atomic E-state index is 13.1. The average Bonchev–Trinajstić information content (AvgIpc) is 2.61. The molecule has 0 spiro atoms. The highest BCUT2D eigenvalue weighted by Gasteiger charge is 2.17. The van der Waals surface area contributed by atoms with Crippen LogP contribution in [0, 0.1) is 5.82 Å². The summed E-state index contributed by atoms with van der Waals surface area (Å²) in [6, 6.07) is 11.0. The molecule has 4 nitrogen and oxygen atoms in total. The minimum absolute atomic E-state index is 0.199. The number of carboxylic acids is 1. The van der Waals surface area contributed by atoms with Crippen LogP contribution in [0.3, 0.4) is 0 Å². The Balaban J connectivity index is 2.01. The first-order valence-corrected chi connectivity index (χ1v) is 9.88. The maximum atomic E-state index is 13.1. The lowest BCUT2D eigenvalue weighted by Crippen LogP contribution is -2.36. The van der Waals surface area contributed by atoms with Crippen LogP contribution >= 0.6 is 23.4 Å². The highest BCUT2D eigenvalue weighted by molar-refractivity contribution is 7.98. The van der Waals surface area contributed by atoms with E-state index >= 15 is 0 Å². The van der Waals surface area contributed by atoms with E-state index in [2.05, 4.69) is 5.32 Å². The molecule has 2 aromatic rings. The Morgan fingerprint density at radius 3 is 2.77 bits per heavy atom. The smallest absolute Gasteiger partial charge is 0.320 e. The third kappa shape index (κ3) is 6.20. The number of rotatable bonds is 10. The summed E-state index contributed by atoms with van der Waals surface area (Å²) in [4.78, 5) is 11.3. The van der Waals surface area contributed by atoms with Gasteiger partial charge in [0.05, 0.1) is 5.02 Å². The van der Waals surface area contributed by atoms with E-state index in [0.717, 1.165) is 11.3 Å². The van der Waals surface area contributed by atoms with Crippen LogP contribution in [0.4, 0.5) is 4.39 Å². The van der Waals surface area contributed by atoms with Gasteiger partial charge in [-0.3, -0.25) is 4.79 Å². The van der Waals surface area contributed by atoms with Gasteiger partial charge in [0.1, 0.15) is 24.2 Å². The Kier molecular flexibility index (Phi) is 8.22. The van der Waals surface area contributed by atoms with Crippen molar-refractivity contribution in [3.63, 3.8) is 0 Å². The molecule has 1 unspecified atom stereocenters. The van der Waals surface area contributed by atoms with E-state index in [1.807, 2.05) is 30.5 Å². The van der Waals surface area contributed by atoms with Gasteiger partial charge in [-0.1, -0.05) is 35.9 Å². The number of hydrogen-bond acceptors (Lipinski definition) is 4. The summed E-state index contributed by atoms with van der Waals surface area (Å²) in [5.74, 6) is 0.142. The number of ether oxygens (including phenoxy) is 1. The molecule has 0 amide bonds. The number of benzene rings is 2. The lowest BCUT2D eigenvalue weighted by molar-refractivity contribution is -0.139. The predicted molar refractivity (Wildman–Crippen MR) is 103 cm³/mol. The van der Waals surface area contributed by atoms with Gasteiger partial charge in [-0.15, -0.1) is 0 Å². The molecule has 0 heterocycles. The molecule has 0 aliphatic carbocycles. The largest absolute Gasteiger partial charge is 0.489 e. The van der Waals surface area contributed by atoms with Crippen molar-refractivity contribution < 1.29 is 19.0 Å². The monoisotopic (exact) mass is 397 g/mol. The Morgan fingerprint density at radius 2 is 2.08 bits per heavy atom. The quantitative estimate of drug-likeness (QED) is 0.624. The summed E-state index contributed by atoms with van der Waals surface area (Å²) in [7, 11) is 0. The topological polar surface area (TPSA) is 58.6 Å². The third-order valence-corrected chi connectivity index (χ3v) is 4.81. The molecule has 1 atom stereocenters. The highest BCUT2D eigenvalue weighted by Crippen LogP contribution is 2.23. The molecular weight excluding hydrogens is 377 g/mol. The lowest BCUT2D eigenvalue weighted by atomic mass is 10.1. The number of halogens is 2. The van der Waals surface area contributed by atoms with Crippen LogP contribution in [0.25, 0.3) is 0 Å². The Hall–Kier alpha value is -1.76. The molecule has 0 aliphatic rings. The first-order valence-electron chi connectivity index (χ1n) is 8.11. The molecule has 0 fully saturated rings. The van der Waals surface area contributed by atoms with Crippen LogP contribution in [-0.4, -0.2) is 29.1 Å². The van der Waals surface area contributed by atoms with E-state index in [1.165, 1.54) is 12.1 Å². The van der Waals surface area contributed by atoms with Gasteiger partial charge in [-0.25, -0.2) is 4.39 Å². The molecule has 0 saturated carbocycles. The SMILES string of the molecule is CSCCC(NCc1ccccc1OCc1ccc(F)cc1Cl)C(=O)O. The first kappa shape index (κ1) is 20.6. The zero-order valence-electron chi connectivity index (χ0n) is 14.4. The number of carbonyl (C=O) groups is 1. The molecule has 0 bridgehead atoms. The fourth-order valence-electron chi connectivity index (χ4n) is 2.37. The number of nitrogens with one attached hydrogen (secondary N) is 1. The molecule has 0 aliphatic heterocycles. The summed E-state index contributed by atoms with van der Waals surface area (Å²) >= 11 is 7.64. The number of thioether (sulfide) groups is 1. The van der Waals surface area contributed by atoms with Crippen LogP contribution in [0.1, 0.15) is 17.5 Å². The van der Waals surface area contributed by atoms with E-state index in [0.29, 0.717) is 29.3 Å². The standard InChI is InChI=1S/C19H21ClFNO3S/c1-26-9-8-17(19(23)24)22-11-13-4-2-3-5-18(13)25-12-14-6-7-15(21)10-16(14)20/h2-7,10,17,22H,8-9,11-12H2,1H3,(H,23,24). The second-order valence-corrected chi connectivity index (χ2v) is 7.08. The average molecular weight is 398 g/mol. The number of aliphatic carboxylic acids is 1. The van der Waals surface area contributed by atoms with E-state index in [4.69, 9.17) is 16.3 Å². The van der Waals surface area contributed by atoms with E-state index in [-0.39, 0.29) is 6.61 Å². The van der Waals surface area contributed by atoms with Crippen molar-refractivity contribution in [3.05, 3.63) is 64.4 Å². The lowest BCUT2D eigenvalue weighted by Gasteiger charge is -2.16. The molecule has 26 heavy (non-hydrogen) atoms. The van der Waals surface area contributed by atoms with Crippen LogP contribution in [0.2, 0.25) is 5.02 Å². The molecule has 2 N–H and O–H groups in total. The predicted octanol–water partition coefficient (Wildman–Crippen LogP) is 4.35. The van der Waals surface area contributed by atoms with Crippen LogP contribution in [0.5, 0.6) is 5.75 Å². The van der Waals surface area contributed by atoms with Gasteiger partial charge < -0.3 is 15.2 Å². The van der Waals surface area contributed by atoms with Gasteiger partial charge >= 0.3 is 5.97 Å². The van der Waals surface area contributed by atoms with E-state index in [1.54, 1.807) is 17.8 Å². The molecule has 2 aromatic carbocycles. The Bertz CT molecular complexity index is 744. The summed E-state index contributed by atoms with van der Waals surface area (Å²) < 4.78 is 18.9. The van der Waals surface area contributed by atoms with Crippen molar-refractivity contribution in [1.82, 2.24) is 5.32 Å². The molecule has 140 valence electrons. The van der Waals surface area contributed by atoms with Crippen molar-refractivity contribution in [2.75, 3.05) is 12.0 Å². The molecule has 0 aromatic heterocycles. The molecule has 0 saturated heterocycles. The van der Waals surface area contributed by atoms with E-state index in [9.17, 15) is 14.3 Å². The molecule has 7 heteroatoms. The van der Waals surface area contributed by atoms with Gasteiger partial charge in [-0.05, 0) is 36.6 Å². The molecule has 0 radical (unpaired) electrons. The van der Waals surface area contributed by atoms with Crippen molar-refractivity contribution in [2.24, 2.45) is 0 Å². The maximum Gasteiger partial charge on any atom is 0.320 e. The molecular formula is C19H21ClFNO3S. The van der Waals surface area contributed by atoms with Crippen molar-refractivity contribution >= 4 is 29.3 Å². The number of hydrogen-bond donors (Lipinski definition) is 2. The zero-order chi connectivity index (χ0) is 18.9.